The third-order valence-corrected chi connectivity index (χ3v) is 6.08. The molecule has 2 heterocycles. The Morgan fingerprint density at radius 1 is 1.23 bits per heavy atom. The van der Waals surface area contributed by atoms with E-state index in [4.69, 9.17) is 16.3 Å². The van der Waals surface area contributed by atoms with E-state index in [1.54, 1.807) is 30.5 Å². The monoisotopic (exact) mass is 446 g/mol. The van der Waals surface area contributed by atoms with E-state index in [-0.39, 0.29) is 10.9 Å². The highest BCUT2D eigenvalue weighted by Gasteiger charge is 2.24. The molecule has 1 aromatic heterocycles. The first-order valence-electron chi connectivity index (χ1n) is 9.16. The maximum Gasteiger partial charge on any atom is 0.320 e. The van der Waals surface area contributed by atoms with Gasteiger partial charge < -0.3 is 10.1 Å². The molecule has 2 N–H and O–H groups in total. The zero-order chi connectivity index (χ0) is 21.3. The minimum atomic E-state index is -3.33. The Morgan fingerprint density at radius 3 is 2.83 bits per heavy atom. The number of fused-ring (bicyclic) bond motifs is 1. The number of aromatic nitrogens is 2. The quantitative estimate of drug-likeness (QED) is 0.637. The second-order valence-electron chi connectivity index (χ2n) is 6.86. The normalized spacial score (nSPS) is 15.7. The number of amides is 2. The van der Waals surface area contributed by atoms with Gasteiger partial charge in [-0.05, 0) is 24.3 Å². The van der Waals surface area contributed by atoms with E-state index < -0.39 is 15.9 Å². The summed E-state index contributed by atoms with van der Waals surface area (Å²) in [4.78, 5) is 12.7. The Kier molecular flexibility index (Phi) is 5.40. The van der Waals surface area contributed by atoms with Gasteiger partial charge in [0.1, 0.15) is 5.75 Å². The molecule has 1 aliphatic heterocycles. The van der Waals surface area contributed by atoms with Crippen LogP contribution >= 0.6 is 11.6 Å². The zero-order valence-corrected chi connectivity index (χ0v) is 17.6. The van der Waals surface area contributed by atoms with Crippen molar-refractivity contribution < 1.29 is 17.9 Å². The second-order valence-corrected chi connectivity index (χ2v) is 9.28. The summed E-state index contributed by atoms with van der Waals surface area (Å²) >= 11 is 6.17. The fraction of sp³-hybridized carbons (Fsp3) is 0.200. The number of carbonyl (C=O) groups is 1. The molecule has 1 atom stereocenters. The standard InChI is InChI=1S/C20H19ClN4O4S/c1-30(27,28)14-5-2-4-13(12-14)25-10-8-18(24-25)23-20(26)22-17-9-11-29-19-15(17)6-3-7-16(19)21/h2-8,10,12,17H,9,11H2,1H3,(H2,22,23,24,26)/t17-/m0/s1. The van der Waals surface area contributed by atoms with E-state index in [1.807, 2.05) is 12.1 Å². The minimum absolute atomic E-state index is 0.194. The molecule has 1 aliphatic rings. The van der Waals surface area contributed by atoms with Crippen LogP contribution in [0.2, 0.25) is 5.02 Å². The van der Waals surface area contributed by atoms with E-state index in [0.717, 1.165) is 11.8 Å². The summed E-state index contributed by atoms with van der Waals surface area (Å²) in [7, 11) is -3.33. The molecule has 156 valence electrons. The first kappa shape index (κ1) is 20.2. The van der Waals surface area contributed by atoms with E-state index in [0.29, 0.717) is 35.3 Å². The van der Waals surface area contributed by atoms with Crippen molar-refractivity contribution in [3.8, 4) is 11.4 Å². The van der Waals surface area contributed by atoms with Crippen LogP contribution in [0.4, 0.5) is 10.6 Å². The summed E-state index contributed by atoms with van der Waals surface area (Å²) < 4.78 is 30.6. The van der Waals surface area contributed by atoms with E-state index in [1.165, 1.54) is 16.8 Å². The first-order valence-corrected chi connectivity index (χ1v) is 11.4. The molecule has 3 aromatic rings. The van der Waals surface area contributed by atoms with Gasteiger partial charge in [-0.1, -0.05) is 29.8 Å². The van der Waals surface area contributed by atoms with Crippen LogP contribution in [0.3, 0.4) is 0 Å². The molecule has 0 saturated heterocycles. The Bertz CT molecular complexity index is 1210. The molecule has 0 spiro atoms. The smallest absolute Gasteiger partial charge is 0.320 e. The molecular formula is C20H19ClN4O4S. The van der Waals surface area contributed by atoms with Gasteiger partial charge in [0.25, 0.3) is 0 Å². The van der Waals surface area contributed by atoms with Crippen LogP contribution < -0.4 is 15.4 Å². The summed E-state index contributed by atoms with van der Waals surface area (Å²) in [6.07, 6.45) is 3.40. The van der Waals surface area contributed by atoms with Gasteiger partial charge in [-0.3, -0.25) is 5.32 Å². The number of hydrogen-bond acceptors (Lipinski definition) is 5. The fourth-order valence-electron chi connectivity index (χ4n) is 3.24. The van der Waals surface area contributed by atoms with Crippen LogP contribution in [0, 0.1) is 0 Å². The number of halogens is 1. The Balaban J connectivity index is 1.46. The van der Waals surface area contributed by atoms with Crippen molar-refractivity contribution in [2.45, 2.75) is 17.4 Å². The van der Waals surface area contributed by atoms with Gasteiger partial charge >= 0.3 is 6.03 Å². The largest absolute Gasteiger partial charge is 0.492 e. The molecule has 0 fully saturated rings. The number of sulfone groups is 1. The highest BCUT2D eigenvalue weighted by atomic mass is 35.5. The molecule has 30 heavy (non-hydrogen) atoms. The van der Waals surface area contributed by atoms with Gasteiger partial charge in [0, 0.05) is 30.5 Å². The first-order chi connectivity index (χ1) is 14.3. The number of benzene rings is 2. The molecule has 0 saturated carbocycles. The Morgan fingerprint density at radius 2 is 2.03 bits per heavy atom. The fourth-order valence-corrected chi connectivity index (χ4v) is 4.14. The molecule has 4 rings (SSSR count). The molecule has 0 radical (unpaired) electrons. The van der Waals surface area contributed by atoms with Crippen molar-refractivity contribution in [3.05, 3.63) is 65.3 Å². The molecule has 0 unspecified atom stereocenters. The van der Waals surface area contributed by atoms with Crippen molar-refractivity contribution in [2.24, 2.45) is 0 Å². The molecular weight excluding hydrogens is 428 g/mol. The lowest BCUT2D eigenvalue weighted by molar-refractivity contribution is 0.232. The number of hydrogen-bond donors (Lipinski definition) is 2. The number of carbonyl (C=O) groups excluding carboxylic acids is 1. The topological polar surface area (TPSA) is 102 Å². The summed E-state index contributed by atoms with van der Waals surface area (Å²) in [5.41, 5.74) is 1.39. The van der Waals surface area contributed by atoms with Crippen molar-refractivity contribution in [2.75, 3.05) is 18.2 Å². The third-order valence-electron chi connectivity index (χ3n) is 4.67. The molecule has 0 bridgehead atoms. The summed E-state index contributed by atoms with van der Waals surface area (Å²) in [5.74, 6) is 0.918. The van der Waals surface area contributed by atoms with Crippen LogP contribution in [0.15, 0.2) is 59.6 Å². The minimum Gasteiger partial charge on any atom is -0.492 e. The zero-order valence-electron chi connectivity index (χ0n) is 16.0. The number of nitrogens with one attached hydrogen (secondary N) is 2. The number of urea groups is 1. The van der Waals surface area contributed by atoms with E-state index in [9.17, 15) is 13.2 Å². The number of nitrogens with zero attached hydrogens (tertiary/aromatic N) is 2. The summed E-state index contributed by atoms with van der Waals surface area (Å²) in [5, 5.41) is 10.4. The highest BCUT2D eigenvalue weighted by molar-refractivity contribution is 7.90. The maximum atomic E-state index is 12.5. The molecule has 0 aliphatic carbocycles. The SMILES string of the molecule is CS(=O)(=O)c1cccc(-n2ccc(NC(=O)N[C@H]3CCOc4c(Cl)cccc43)n2)c1. The lowest BCUT2D eigenvalue weighted by Gasteiger charge is -2.27. The van der Waals surface area contributed by atoms with Crippen LogP contribution in [0.25, 0.3) is 5.69 Å². The van der Waals surface area contributed by atoms with Crippen molar-refractivity contribution in [1.29, 1.82) is 0 Å². The number of anilines is 1. The molecule has 10 heteroatoms. The lowest BCUT2D eigenvalue weighted by Crippen LogP contribution is -2.35. The van der Waals surface area contributed by atoms with Crippen LogP contribution in [0.1, 0.15) is 18.0 Å². The third kappa shape index (κ3) is 4.27. The predicted octanol–water partition coefficient (Wildman–Crippen LogP) is 3.57. The van der Waals surface area contributed by atoms with Crippen molar-refractivity contribution >= 4 is 33.3 Å². The van der Waals surface area contributed by atoms with Crippen LogP contribution in [-0.2, 0) is 9.84 Å². The van der Waals surface area contributed by atoms with Gasteiger partial charge in [-0.2, -0.15) is 0 Å². The van der Waals surface area contributed by atoms with E-state index in [2.05, 4.69) is 15.7 Å². The number of para-hydroxylation sites is 1. The Labute approximate surface area is 178 Å². The van der Waals surface area contributed by atoms with Gasteiger partial charge in [-0.15, -0.1) is 5.10 Å². The Hall–Kier alpha value is -3.04. The van der Waals surface area contributed by atoms with Gasteiger partial charge in [-0.25, -0.2) is 17.9 Å². The molecule has 8 nitrogen and oxygen atoms in total. The van der Waals surface area contributed by atoms with Crippen LogP contribution in [0.5, 0.6) is 5.75 Å². The average Bonchev–Trinajstić information content (AvgIpc) is 3.17. The number of rotatable bonds is 4. The van der Waals surface area contributed by atoms with Gasteiger partial charge in [0.05, 0.1) is 28.3 Å². The second kappa shape index (κ2) is 8.00. The number of ether oxygens (including phenoxy) is 1. The summed E-state index contributed by atoms with van der Waals surface area (Å²) in [6.45, 7) is 0.451. The van der Waals surface area contributed by atoms with Crippen molar-refractivity contribution in [1.82, 2.24) is 15.1 Å². The van der Waals surface area contributed by atoms with Crippen LogP contribution in [-0.4, -0.2) is 37.1 Å². The highest BCUT2D eigenvalue weighted by Crippen LogP contribution is 2.37. The van der Waals surface area contributed by atoms with E-state index >= 15 is 0 Å². The molecule has 2 amide bonds. The lowest BCUT2D eigenvalue weighted by atomic mass is 10.0. The van der Waals surface area contributed by atoms with Gasteiger partial charge in [0.15, 0.2) is 15.7 Å². The van der Waals surface area contributed by atoms with Crippen molar-refractivity contribution in [3.63, 3.8) is 0 Å². The maximum absolute atomic E-state index is 12.5. The molecule has 2 aromatic carbocycles. The summed E-state index contributed by atoms with van der Waals surface area (Å²) in [6, 6.07) is 12.8. The predicted molar refractivity (Wildman–Crippen MR) is 113 cm³/mol. The average molecular weight is 447 g/mol. The van der Waals surface area contributed by atoms with Gasteiger partial charge in [0.2, 0.25) is 0 Å².